The van der Waals surface area contributed by atoms with Gasteiger partial charge in [-0.1, -0.05) is 78.6 Å². The highest BCUT2D eigenvalue weighted by Crippen LogP contribution is 2.30. The fourth-order valence-corrected chi connectivity index (χ4v) is 5.33. The van der Waals surface area contributed by atoms with E-state index < -0.39 is 0 Å². The molecule has 1 heterocycles. The lowest BCUT2D eigenvalue weighted by Gasteiger charge is -2.11. The number of aryl methyl sites for hydroxylation is 1. The van der Waals surface area contributed by atoms with Crippen LogP contribution in [0.1, 0.15) is 52.7 Å². The first kappa shape index (κ1) is 27.8. The maximum Gasteiger partial charge on any atom is 0.337 e. The van der Waals surface area contributed by atoms with Crippen molar-refractivity contribution in [2.45, 2.75) is 39.2 Å². The first-order valence-electron chi connectivity index (χ1n) is 13.1. The summed E-state index contributed by atoms with van der Waals surface area (Å²) >= 11 is 12.7. The number of hydrogen-bond donors (Lipinski definition) is 0. The number of nitrogens with zero attached hydrogens (tertiary/aromatic N) is 1. The quantitative estimate of drug-likeness (QED) is 0.164. The lowest BCUT2D eigenvalue weighted by molar-refractivity contribution is 0.0601. The van der Waals surface area contributed by atoms with Crippen molar-refractivity contribution in [3.63, 3.8) is 0 Å². The number of aromatic nitrogens is 1. The molecule has 1 aromatic heterocycles. The van der Waals surface area contributed by atoms with E-state index in [0.29, 0.717) is 35.1 Å². The largest absolute Gasteiger partial charge is 0.489 e. The topological polar surface area (TPSA) is 61.6 Å². The molecule has 0 saturated heterocycles. The molecule has 0 saturated carbocycles. The van der Waals surface area contributed by atoms with Gasteiger partial charge in [0.05, 0.1) is 23.9 Å². The Morgan fingerprint density at radius 1 is 0.850 bits per heavy atom. The highest BCUT2D eigenvalue weighted by atomic mass is 35.5. The maximum absolute atomic E-state index is 11.8. The van der Waals surface area contributed by atoms with Gasteiger partial charge in [-0.05, 0) is 82.8 Å². The summed E-state index contributed by atoms with van der Waals surface area (Å²) in [4.78, 5) is 11.8. The molecule has 0 aliphatic carbocycles. The van der Waals surface area contributed by atoms with Crippen molar-refractivity contribution in [1.82, 2.24) is 5.16 Å². The Kier molecular flexibility index (Phi) is 8.43. The minimum absolute atomic E-state index is 0.169. The Labute approximate surface area is 243 Å². The summed E-state index contributed by atoms with van der Waals surface area (Å²) in [6.07, 6.45) is 1.29. The highest BCUT2D eigenvalue weighted by Gasteiger charge is 2.20. The first-order chi connectivity index (χ1) is 19.3. The van der Waals surface area contributed by atoms with E-state index >= 15 is 0 Å². The summed E-state index contributed by atoms with van der Waals surface area (Å²) in [7, 11) is 1.38. The third-order valence-corrected chi connectivity index (χ3v) is 7.64. The summed E-state index contributed by atoms with van der Waals surface area (Å²) in [5.74, 6) is 1.40. The third-order valence-electron chi connectivity index (χ3n) is 6.93. The van der Waals surface area contributed by atoms with Crippen molar-refractivity contribution in [3.8, 4) is 16.9 Å². The van der Waals surface area contributed by atoms with Crippen molar-refractivity contribution in [2.75, 3.05) is 7.11 Å². The van der Waals surface area contributed by atoms with Gasteiger partial charge in [0, 0.05) is 16.0 Å². The molecule has 0 atom stereocenters. The predicted octanol–water partition coefficient (Wildman–Crippen LogP) is 9.08. The zero-order chi connectivity index (χ0) is 28.2. The molecule has 4 aromatic carbocycles. The van der Waals surface area contributed by atoms with E-state index in [2.05, 4.69) is 25.1 Å². The van der Waals surface area contributed by atoms with Gasteiger partial charge in [-0.15, -0.1) is 0 Å². The van der Waals surface area contributed by atoms with Crippen LogP contribution in [0.5, 0.6) is 5.75 Å². The van der Waals surface area contributed by atoms with Crippen LogP contribution in [0.4, 0.5) is 0 Å². The second-order valence-corrected chi connectivity index (χ2v) is 10.7. The molecular weight excluding hydrogens is 545 g/mol. The maximum atomic E-state index is 11.8. The van der Waals surface area contributed by atoms with E-state index in [1.807, 2.05) is 66.7 Å². The minimum atomic E-state index is -0.342. The lowest BCUT2D eigenvalue weighted by atomic mass is 10.00. The van der Waals surface area contributed by atoms with Crippen LogP contribution >= 0.6 is 23.2 Å². The van der Waals surface area contributed by atoms with Crippen LogP contribution in [-0.4, -0.2) is 18.2 Å². The minimum Gasteiger partial charge on any atom is -0.489 e. The normalized spacial score (nSPS) is 11.2. The van der Waals surface area contributed by atoms with Gasteiger partial charge >= 0.3 is 5.97 Å². The number of benzene rings is 4. The van der Waals surface area contributed by atoms with E-state index in [1.165, 1.54) is 7.11 Å². The van der Waals surface area contributed by atoms with Gasteiger partial charge in [0.25, 0.3) is 0 Å². The fraction of sp³-hybridized carbons (Fsp3) is 0.212. The van der Waals surface area contributed by atoms with Crippen molar-refractivity contribution in [2.24, 2.45) is 0 Å². The molecule has 0 amide bonds. The summed E-state index contributed by atoms with van der Waals surface area (Å²) in [5, 5.41) is 7.68. The van der Waals surface area contributed by atoms with Gasteiger partial charge in [-0.25, -0.2) is 4.79 Å². The monoisotopic (exact) mass is 573 g/mol. The third kappa shape index (κ3) is 6.01. The van der Waals surface area contributed by atoms with Gasteiger partial charge in [0.2, 0.25) is 0 Å². The molecule has 5 nitrogen and oxygen atoms in total. The van der Waals surface area contributed by atoms with E-state index in [4.69, 9.17) is 37.2 Å². The number of rotatable bonds is 9. The van der Waals surface area contributed by atoms with Gasteiger partial charge in [0.1, 0.15) is 18.1 Å². The van der Waals surface area contributed by atoms with Gasteiger partial charge in [-0.3, -0.25) is 0 Å². The smallest absolute Gasteiger partial charge is 0.337 e. The fourth-order valence-electron chi connectivity index (χ4n) is 4.75. The molecule has 0 fully saturated rings. The number of carbonyl (C=O) groups is 1. The molecule has 5 aromatic rings. The standard InChI is InChI=1S/C33H29Cl2NO4/c1-20(2)32-28(31(36-40-32)16-15-27-29(34)5-4-6-30(27)35)19-39-26-13-11-21(12-14-26)22-7-8-24-18-25(33(37)38-3)10-9-23(24)17-22/h4-14,17-18,20H,15-16,19H2,1-3H3. The average Bonchev–Trinajstić information content (AvgIpc) is 3.38. The number of halogens is 2. The van der Waals surface area contributed by atoms with Crippen LogP contribution < -0.4 is 4.74 Å². The van der Waals surface area contributed by atoms with E-state index in [-0.39, 0.29) is 11.9 Å². The van der Waals surface area contributed by atoms with Crippen molar-refractivity contribution in [3.05, 3.63) is 117 Å². The van der Waals surface area contributed by atoms with Crippen LogP contribution in [-0.2, 0) is 24.2 Å². The lowest BCUT2D eigenvalue weighted by Crippen LogP contribution is -2.04. The Bertz CT molecular complexity index is 1640. The molecule has 5 rings (SSSR count). The predicted molar refractivity (Wildman–Crippen MR) is 160 cm³/mol. The van der Waals surface area contributed by atoms with Crippen LogP contribution in [0.25, 0.3) is 21.9 Å². The molecule has 0 unspecified atom stereocenters. The summed E-state index contributed by atoms with van der Waals surface area (Å²) in [5.41, 5.74) is 5.39. The average molecular weight is 575 g/mol. The number of fused-ring (bicyclic) bond motifs is 1. The molecular formula is C33H29Cl2NO4. The Morgan fingerprint density at radius 2 is 1.52 bits per heavy atom. The molecule has 0 aliphatic rings. The van der Waals surface area contributed by atoms with Crippen LogP contribution in [0.15, 0.2) is 83.4 Å². The summed E-state index contributed by atoms with van der Waals surface area (Å²) < 4.78 is 16.7. The van der Waals surface area contributed by atoms with E-state index in [9.17, 15) is 4.79 Å². The number of carbonyl (C=O) groups excluding carboxylic acids is 1. The zero-order valence-corrected chi connectivity index (χ0v) is 24.1. The molecule has 40 heavy (non-hydrogen) atoms. The SMILES string of the molecule is COC(=O)c1ccc2cc(-c3ccc(OCc4c(CCc5c(Cl)cccc5Cl)noc4C(C)C)cc3)ccc2c1. The first-order valence-corrected chi connectivity index (χ1v) is 13.8. The highest BCUT2D eigenvalue weighted by molar-refractivity contribution is 6.36. The van der Waals surface area contributed by atoms with Crippen molar-refractivity contribution < 1.29 is 18.8 Å². The van der Waals surface area contributed by atoms with Crippen LogP contribution in [0.2, 0.25) is 10.0 Å². The van der Waals surface area contributed by atoms with Gasteiger partial charge < -0.3 is 14.0 Å². The van der Waals surface area contributed by atoms with E-state index in [0.717, 1.165) is 50.2 Å². The number of hydrogen-bond acceptors (Lipinski definition) is 5. The molecule has 7 heteroatoms. The molecule has 0 N–H and O–H groups in total. The molecule has 0 bridgehead atoms. The zero-order valence-electron chi connectivity index (χ0n) is 22.5. The van der Waals surface area contributed by atoms with Gasteiger partial charge in [-0.2, -0.15) is 0 Å². The Balaban J connectivity index is 1.30. The molecule has 0 aliphatic heterocycles. The molecule has 0 spiro atoms. The van der Waals surface area contributed by atoms with Crippen LogP contribution in [0.3, 0.4) is 0 Å². The van der Waals surface area contributed by atoms with E-state index in [1.54, 1.807) is 6.07 Å². The summed E-state index contributed by atoms with van der Waals surface area (Å²) in [6, 6.07) is 25.3. The number of ether oxygens (including phenoxy) is 2. The molecule has 204 valence electrons. The summed E-state index contributed by atoms with van der Waals surface area (Å²) in [6.45, 7) is 4.50. The number of methoxy groups -OCH3 is 1. The van der Waals surface area contributed by atoms with Gasteiger partial charge in [0.15, 0.2) is 0 Å². The second kappa shape index (κ2) is 12.2. The Hall–Kier alpha value is -3.80. The number of esters is 1. The molecule has 0 radical (unpaired) electrons. The second-order valence-electron chi connectivity index (χ2n) is 9.91. The van der Waals surface area contributed by atoms with Crippen molar-refractivity contribution in [1.29, 1.82) is 0 Å². The van der Waals surface area contributed by atoms with Crippen molar-refractivity contribution >= 4 is 39.9 Å². The Morgan fingerprint density at radius 3 is 2.23 bits per heavy atom. The van der Waals surface area contributed by atoms with Crippen LogP contribution in [0, 0.1) is 0 Å².